The Morgan fingerprint density at radius 3 is 1.88 bits per heavy atom. The molecule has 0 amide bonds. The van der Waals surface area contributed by atoms with Crippen molar-refractivity contribution in [2.24, 2.45) is 0 Å². The first kappa shape index (κ1) is 16.6. The van der Waals surface area contributed by atoms with Crippen LogP contribution < -0.4 is 4.72 Å². The van der Waals surface area contributed by atoms with E-state index in [9.17, 15) is 4.79 Å². The number of ketones is 1. The number of para-hydroxylation sites is 1. The van der Waals surface area contributed by atoms with Crippen LogP contribution in [-0.2, 0) is 4.21 Å². The fourth-order valence-corrected chi connectivity index (χ4v) is 3.51. The monoisotopic (exact) mass is 353 g/mol. The van der Waals surface area contributed by atoms with Crippen molar-refractivity contribution in [3.63, 3.8) is 0 Å². The minimum absolute atomic E-state index is 0.149. The van der Waals surface area contributed by atoms with Crippen molar-refractivity contribution in [3.8, 4) is 0 Å². The minimum Gasteiger partial charge on any atom is -0.328 e. The summed E-state index contributed by atoms with van der Waals surface area (Å²) in [6.45, 7) is 0. The van der Waals surface area contributed by atoms with Crippen LogP contribution in [0.15, 0.2) is 91.0 Å². The minimum atomic E-state index is -1.25. The summed E-state index contributed by atoms with van der Waals surface area (Å²) in [5, 5.41) is 0. The van der Waals surface area contributed by atoms with Crippen LogP contribution in [0.3, 0.4) is 0 Å². The Kier molecular flexibility index (Phi) is 5.24. The third kappa shape index (κ3) is 3.64. The molecule has 0 aliphatic rings. The Balaban J connectivity index is 1.93. The first-order chi connectivity index (χ1) is 11.7. The van der Waals surface area contributed by atoms with E-state index in [2.05, 4.69) is 4.72 Å². The Morgan fingerprint density at radius 1 is 0.792 bits per heavy atom. The van der Waals surface area contributed by atoms with Gasteiger partial charge in [0, 0.05) is 11.3 Å². The third-order valence-electron chi connectivity index (χ3n) is 3.56. The zero-order valence-electron chi connectivity index (χ0n) is 12.9. The lowest BCUT2D eigenvalue weighted by Crippen LogP contribution is -2.28. The fraction of sp³-hybridized carbons (Fsp3) is 0.0500. The summed E-state index contributed by atoms with van der Waals surface area (Å²) in [5.41, 5.74) is 2.22. The predicted octanol–water partition coefficient (Wildman–Crippen LogP) is 5.72. The average molecular weight is 354 g/mol. The molecule has 0 aromatic heterocycles. The Morgan fingerprint density at radius 2 is 1.29 bits per heavy atom. The van der Waals surface area contributed by atoms with Gasteiger partial charge < -0.3 is 4.72 Å². The molecule has 0 aliphatic heterocycles. The van der Waals surface area contributed by atoms with E-state index in [4.69, 9.17) is 11.6 Å². The lowest BCUT2D eigenvalue weighted by Gasteiger charge is -2.26. The van der Waals surface area contributed by atoms with Crippen molar-refractivity contribution >= 4 is 35.0 Å². The normalized spacial score (nSPS) is 13.0. The van der Waals surface area contributed by atoms with E-state index in [0.29, 0.717) is 5.56 Å². The maximum absolute atomic E-state index is 13.1. The van der Waals surface area contributed by atoms with Crippen LogP contribution in [-0.4, -0.2) is 5.78 Å². The first-order valence-corrected chi connectivity index (χ1v) is 8.73. The summed E-state index contributed by atoms with van der Waals surface area (Å²) in [6, 6.07) is 28.2. The summed E-state index contributed by atoms with van der Waals surface area (Å²) < 4.78 is 1.95. The first-order valence-electron chi connectivity index (χ1n) is 7.53. The van der Waals surface area contributed by atoms with Crippen molar-refractivity contribution in [3.05, 3.63) is 102 Å². The molecule has 0 bridgehead atoms. The van der Waals surface area contributed by atoms with Crippen LogP contribution in [0.4, 0.5) is 5.69 Å². The highest BCUT2D eigenvalue weighted by Gasteiger charge is 2.40. The standard InChI is InChI=1S/C20H16ClNOS/c21-20(17-12-6-2-7-13-17,19(23)16-10-4-1-5-11-16)24-22-18-14-8-3-9-15-18/h1-15,22H. The van der Waals surface area contributed by atoms with Gasteiger partial charge in [0.05, 0.1) is 0 Å². The maximum Gasteiger partial charge on any atom is 0.200 e. The van der Waals surface area contributed by atoms with Gasteiger partial charge >= 0.3 is 0 Å². The molecule has 24 heavy (non-hydrogen) atoms. The number of Topliss-reactive ketones (excluding diaryl/α,β-unsaturated/α-hetero) is 1. The van der Waals surface area contributed by atoms with Gasteiger partial charge in [0.2, 0.25) is 0 Å². The van der Waals surface area contributed by atoms with Crippen molar-refractivity contribution in [2.45, 2.75) is 4.21 Å². The number of benzene rings is 3. The smallest absolute Gasteiger partial charge is 0.200 e. The molecule has 0 saturated carbocycles. The van der Waals surface area contributed by atoms with Gasteiger partial charge in [-0.2, -0.15) is 0 Å². The van der Waals surface area contributed by atoms with E-state index >= 15 is 0 Å². The lowest BCUT2D eigenvalue weighted by atomic mass is 10.0. The molecule has 3 aromatic carbocycles. The second kappa shape index (κ2) is 7.56. The molecule has 0 saturated heterocycles. The zero-order chi connectivity index (χ0) is 16.8. The topological polar surface area (TPSA) is 29.1 Å². The molecule has 3 aromatic rings. The van der Waals surface area contributed by atoms with Gasteiger partial charge in [-0.1, -0.05) is 90.5 Å². The molecule has 2 nitrogen and oxygen atoms in total. The molecule has 0 heterocycles. The van der Waals surface area contributed by atoms with Gasteiger partial charge in [0.15, 0.2) is 9.99 Å². The zero-order valence-corrected chi connectivity index (χ0v) is 14.4. The third-order valence-corrected chi connectivity index (χ3v) is 5.22. The van der Waals surface area contributed by atoms with Gasteiger partial charge in [0.1, 0.15) is 0 Å². The summed E-state index contributed by atoms with van der Waals surface area (Å²) in [5.74, 6) is -0.149. The van der Waals surface area contributed by atoms with E-state index in [1.54, 1.807) is 12.1 Å². The lowest BCUT2D eigenvalue weighted by molar-refractivity contribution is 0.0975. The van der Waals surface area contributed by atoms with Crippen LogP contribution in [0.1, 0.15) is 15.9 Å². The molecule has 0 fully saturated rings. The van der Waals surface area contributed by atoms with Crippen LogP contribution >= 0.6 is 23.5 Å². The molecule has 1 atom stereocenters. The fourth-order valence-electron chi connectivity index (χ4n) is 2.30. The van der Waals surface area contributed by atoms with Crippen molar-refractivity contribution in [1.29, 1.82) is 0 Å². The van der Waals surface area contributed by atoms with E-state index < -0.39 is 4.21 Å². The predicted molar refractivity (Wildman–Crippen MR) is 102 cm³/mol. The quantitative estimate of drug-likeness (QED) is 0.349. The molecule has 0 aliphatic carbocycles. The number of hydrogen-bond acceptors (Lipinski definition) is 3. The van der Waals surface area contributed by atoms with Gasteiger partial charge in [-0.25, -0.2) is 0 Å². The van der Waals surface area contributed by atoms with Gasteiger partial charge in [-0.05, 0) is 29.6 Å². The summed E-state index contributed by atoms with van der Waals surface area (Å²) in [7, 11) is 0. The number of hydrogen-bond donors (Lipinski definition) is 1. The highest BCUT2D eigenvalue weighted by Crippen LogP contribution is 2.43. The SMILES string of the molecule is O=C(c1ccccc1)C(Cl)(SNc1ccccc1)c1ccccc1. The summed E-state index contributed by atoms with van der Waals surface area (Å²) in [4.78, 5) is 13.1. The number of carbonyl (C=O) groups excluding carboxylic acids is 1. The number of nitrogens with one attached hydrogen (secondary N) is 1. The molecule has 1 N–H and O–H groups in total. The van der Waals surface area contributed by atoms with Crippen molar-refractivity contribution < 1.29 is 4.79 Å². The van der Waals surface area contributed by atoms with E-state index in [1.807, 2.05) is 78.9 Å². The van der Waals surface area contributed by atoms with E-state index in [1.165, 1.54) is 11.9 Å². The molecular weight excluding hydrogens is 338 g/mol. The molecule has 120 valence electrons. The van der Waals surface area contributed by atoms with Gasteiger partial charge in [-0.15, -0.1) is 0 Å². The Bertz CT molecular complexity index is 796. The van der Waals surface area contributed by atoms with Crippen LogP contribution in [0, 0.1) is 0 Å². The van der Waals surface area contributed by atoms with Crippen LogP contribution in [0.2, 0.25) is 0 Å². The highest BCUT2D eigenvalue weighted by molar-refractivity contribution is 8.03. The maximum atomic E-state index is 13.1. The second-order valence-corrected chi connectivity index (χ2v) is 7.04. The molecule has 1 unspecified atom stereocenters. The largest absolute Gasteiger partial charge is 0.328 e. The van der Waals surface area contributed by atoms with Crippen LogP contribution in [0.25, 0.3) is 0 Å². The van der Waals surface area contributed by atoms with Gasteiger partial charge in [0.25, 0.3) is 0 Å². The Labute approximate surface area is 151 Å². The highest BCUT2D eigenvalue weighted by atomic mass is 35.5. The number of anilines is 1. The van der Waals surface area contributed by atoms with E-state index in [0.717, 1.165) is 11.3 Å². The average Bonchev–Trinajstić information content (AvgIpc) is 2.68. The Hall–Kier alpha value is -2.23. The van der Waals surface area contributed by atoms with Crippen molar-refractivity contribution in [2.75, 3.05) is 4.72 Å². The second-order valence-electron chi connectivity index (χ2n) is 5.23. The molecule has 4 heteroatoms. The number of halogens is 1. The number of carbonyl (C=O) groups is 1. The molecule has 3 rings (SSSR count). The van der Waals surface area contributed by atoms with Crippen LogP contribution in [0.5, 0.6) is 0 Å². The number of alkyl halides is 1. The summed E-state index contributed by atoms with van der Waals surface area (Å²) >= 11 is 8.05. The molecule has 0 spiro atoms. The summed E-state index contributed by atoms with van der Waals surface area (Å²) in [6.07, 6.45) is 0. The van der Waals surface area contributed by atoms with Crippen molar-refractivity contribution in [1.82, 2.24) is 0 Å². The molecular formula is C20H16ClNOS. The number of rotatable bonds is 6. The van der Waals surface area contributed by atoms with Gasteiger partial charge in [-0.3, -0.25) is 4.79 Å². The van der Waals surface area contributed by atoms with E-state index in [-0.39, 0.29) is 5.78 Å². The molecule has 0 radical (unpaired) electrons.